The van der Waals surface area contributed by atoms with Gasteiger partial charge in [0, 0.05) is 6.54 Å². The van der Waals surface area contributed by atoms with Gasteiger partial charge >= 0.3 is 5.97 Å². The quantitative estimate of drug-likeness (QED) is 0.578. The molecule has 3 rings (SSSR count). The van der Waals surface area contributed by atoms with Crippen LogP contribution in [0.3, 0.4) is 0 Å². The minimum absolute atomic E-state index is 0.399. The number of aliphatic carboxylic acids is 1. The molecule has 176 valence electrons. The Morgan fingerprint density at radius 3 is 2.10 bits per heavy atom. The van der Waals surface area contributed by atoms with Gasteiger partial charge in [-0.2, -0.15) is 0 Å². The number of likely N-dealkylation sites (N-methyl/N-ethyl adjacent to an activating group) is 1. The van der Waals surface area contributed by atoms with Gasteiger partial charge in [0.2, 0.25) is 0 Å². The maximum absolute atomic E-state index is 10.9. The Kier molecular flexibility index (Phi) is 9.63. The topological polar surface area (TPSA) is 55.8 Å². The SMILES string of the molecule is CCC1(CCN(C)C)CC(C)C1.CNC(CCN1CCC2(CC1)CC(C)C2)C(=O)O. The third-order valence-corrected chi connectivity index (χ3v) is 8.26. The molecule has 3 aliphatic rings. The summed E-state index contributed by atoms with van der Waals surface area (Å²) in [5, 5.41) is 11.8. The van der Waals surface area contributed by atoms with Gasteiger partial charge in [-0.1, -0.05) is 27.2 Å². The number of carbonyl (C=O) groups is 1. The number of carboxylic acid groups (broad SMARTS) is 1. The molecule has 1 aliphatic heterocycles. The average molecular weight is 424 g/mol. The summed E-state index contributed by atoms with van der Waals surface area (Å²) in [6.07, 6.45) is 11.9. The van der Waals surface area contributed by atoms with Crippen molar-refractivity contribution >= 4 is 5.97 Å². The summed E-state index contributed by atoms with van der Waals surface area (Å²) in [7, 11) is 6.07. The van der Waals surface area contributed by atoms with Gasteiger partial charge in [-0.05, 0) is 115 Å². The first-order valence-corrected chi connectivity index (χ1v) is 12.4. The third-order valence-electron chi connectivity index (χ3n) is 8.26. The monoisotopic (exact) mass is 423 g/mol. The average Bonchev–Trinajstić information content (AvgIpc) is 2.65. The van der Waals surface area contributed by atoms with E-state index in [4.69, 9.17) is 5.11 Å². The molecule has 1 saturated heterocycles. The van der Waals surface area contributed by atoms with E-state index in [-0.39, 0.29) is 0 Å². The minimum Gasteiger partial charge on any atom is -0.480 e. The predicted octanol–water partition coefficient (Wildman–Crippen LogP) is 4.33. The van der Waals surface area contributed by atoms with Crippen LogP contribution < -0.4 is 5.32 Å². The number of carboxylic acids is 1. The van der Waals surface area contributed by atoms with Crippen molar-refractivity contribution in [1.82, 2.24) is 15.1 Å². The van der Waals surface area contributed by atoms with Crippen molar-refractivity contribution in [3.8, 4) is 0 Å². The van der Waals surface area contributed by atoms with Crippen LogP contribution >= 0.6 is 0 Å². The fourth-order valence-corrected chi connectivity index (χ4v) is 6.33. The maximum Gasteiger partial charge on any atom is 0.320 e. The lowest BCUT2D eigenvalue weighted by Crippen LogP contribution is -2.47. The van der Waals surface area contributed by atoms with E-state index >= 15 is 0 Å². The molecule has 0 aromatic rings. The lowest BCUT2D eigenvalue weighted by atomic mass is 9.58. The molecule has 0 radical (unpaired) electrons. The number of rotatable bonds is 9. The van der Waals surface area contributed by atoms with Gasteiger partial charge in [0.05, 0.1) is 0 Å². The standard InChI is InChI=1S/C14H26N2O2.C11H23N/c1-11-9-14(10-11)4-7-16(8-5-14)6-3-12(15-2)13(17)18;1-5-11(6-7-12(3)4)8-10(2)9-11/h11-12,15H,3-10H2,1-2H3,(H,17,18);10H,5-9H2,1-4H3. The highest BCUT2D eigenvalue weighted by atomic mass is 16.4. The molecular formula is C25H49N3O2. The molecular weight excluding hydrogens is 374 g/mol. The molecule has 5 heteroatoms. The summed E-state index contributed by atoms with van der Waals surface area (Å²) < 4.78 is 0. The van der Waals surface area contributed by atoms with Gasteiger partial charge in [0.1, 0.15) is 6.04 Å². The highest BCUT2D eigenvalue weighted by Gasteiger charge is 2.43. The maximum atomic E-state index is 10.9. The summed E-state index contributed by atoms with van der Waals surface area (Å²) in [6.45, 7) is 11.6. The molecule has 0 aromatic heterocycles. The first-order valence-electron chi connectivity index (χ1n) is 12.4. The Balaban J connectivity index is 0.000000232. The number of nitrogens with one attached hydrogen (secondary N) is 1. The van der Waals surface area contributed by atoms with Gasteiger partial charge in [-0.3, -0.25) is 4.79 Å². The Bertz CT molecular complexity index is 514. The minimum atomic E-state index is -0.737. The largest absolute Gasteiger partial charge is 0.480 e. The first-order chi connectivity index (χ1) is 14.1. The van der Waals surface area contributed by atoms with E-state index in [1.165, 1.54) is 57.9 Å². The Hall–Kier alpha value is -0.650. The molecule has 0 bridgehead atoms. The molecule has 2 saturated carbocycles. The molecule has 30 heavy (non-hydrogen) atoms. The number of hydrogen-bond acceptors (Lipinski definition) is 4. The lowest BCUT2D eigenvalue weighted by molar-refractivity contribution is -0.139. The second-order valence-corrected chi connectivity index (χ2v) is 11.2. The van der Waals surface area contributed by atoms with E-state index in [1.807, 2.05) is 0 Å². The highest BCUT2D eigenvalue weighted by molar-refractivity contribution is 5.73. The van der Waals surface area contributed by atoms with Gasteiger partial charge < -0.3 is 20.2 Å². The van der Waals surface area contributed by atoms with Crippen molar-refractivity contribution in [3.05, 3.63) is 0 Å². The second kappa shape index (κ2) is 11.3. The zero-order chi connectivity index (χ0) is 22.4. The second-order valence-electron chi connectivity index (χ2n) is 11.2. The van der Waals surface area contributed by atoms with E-state index in [0.717, 1.165) is 36.9 Å². The van der Waals surface area contributed by atoms with E-state index in [0.29, 0.717) is 11.8 Å². The van der Waals surface area contributed by atoms with Crippen molar-refractivity contribution in [2.24, 2.45) is 22.7 Å². The molecule has 0 amide bonds. The van der Waals surface area contributed by atoms with Crippen LogP contribution in [0.2, 0.25) is 0 Å². The molecule has 3 fully saturated rings. The van der Waals surface area contributed by atoms with E-state index in [2.05, 4.69) is 50.0 Å². The number of hydrogen-bond donors (Lipinski definition) is 2. The molecule has 1 atom stereocenters. The van der Waals surface area contributed by atoms with Crippen molar-refractivity contribution in [2.75, 3.05) is 47.3 Å². The lowest BCUT2D eigenvalue weighted by Gasteiger charge is -2.51. The van der Waals surface area contributed by atoms with Crippen LogP contribution in [-0.4, -0.2) is 74.2 Å². The number of nitrogens with zero attached hydrogens (tertiary/aromatic N) is 2. The van der Waals surface area contributed by atoms with Crippen molar-refractivity contribution in [3.63, 3.8) is 0 Å². The van der Waals surface area contributed by atoms with Gasteiger partial charge in [0.25, 0.3) is 0 Å². The molecule has 2 aliphatic carbocycles. The summed E-state index contributed by atoms with van der Waals surface area (Å²) in [5.74, 6) is 1.18. The van der Waals surface area contributed by atoms with Crippen molar-refractivity contribution in [1.29, 1.82) is 0 Å². The molecule has 1 spiro atoms. The Morgan fingerprint density at radius 2 is 1.70 bits per heavy atom. The van der Waals surface area contributed by atoms with Gasteiger partial charge in [-0.25, -0.2) is 0 Å². The van der Waals surface area contributed by atoms with Crippen LogP contribution in [0.4, 0.5) is 0 Å². The van der Waals surface area contributed by atoms with Crippen LogP contribution in [0.5, 0.6) is 0 Å². The fourth-order valence-electron chi connectivity index (χ4n) is 6.33. The number of piperidine rings is 1. The number of likely N-dealkylation sites (tertiary alicyclic amines) is 1. The third kappa shape index (κ3) is 7.20. The Morgan fingerprint density at radius 1 is 1.13 bits per heavy atom. The predicted molar refractivity (Wildman–Crippen MR) is 126 cm³/mol. The van der Waals surface area contributed by atoms with Crippen LogP contribution in [-0.2, 0) is 4.79 Å². The summed E-state index contributed by atoms with van der Waals surface area (Å²) in [6, 6.07) is -0.399. The van der Waals surface area contributed by atoms with Crippen LogP contribution in [0, 0.1) is 22.7 Å². The van der Waals surface area contributed by atoms with E-state index in [1.54, 1.807) is 7.05 Å². The summed E-state index contributed by atoms with van der Waals surface area (Å²) >= 11 is 0. The van der Waals surface area contributed by atoms with Crippen LogP contribution in [0.15, 0.2) is 0 Å². The van der Waals surface area contributed by atoms with Gasteiger partial charge in [0.15, 0.2) is 0 Å². The highest BCUT2D eigenvalue weighted by Crippen LogP contribution is 2.52. The summed E-state index contributed by atoms with van der Waals surface area (Å²) in [4.78, 5) is 15.7. The summed E-state index contributed by atoms with van der Waals surface area (Å²) in [5.41, 5.74) is 1.38. The van der Waals surface area contributed by atoms with Crippen molar-refractivity contribution in [2.45, 2.75) is 84.6 Å². The first kappa shape index (κ1) is 25.6. The molecule has 1 unspecified atom stereocenters. The Labute approximate surface area is 186 Å². The molecule has 0 aromatic carbocycles. The molecule has 2 N–H and O–H groups in total. The molecule has 5 nitrogen and oxygen atoms in total. The smallest absolute Gasteiger partial charge is 0.320 e. The molecule has 1 heterocycles. The van der Waals surface area contributed by atoms with Crippen LogP contribution in [0.1, 0.15) is 78.6 Å². The zero-order valence-electron chi connectivity index (χ0n) is 20.7. The normalized spacial score (nSPS) is 29.6. The van der Waals surface area contributed by atoms with E-state index < -0.39 is 12.0 Å². The van der Waals surface area contributed by atoms with Crippen molar-refractivity contribution < 1.29 is 9.90 Å². The van der Waals surface area contributed by atoms with E-state index in [9.17, 15) is 4.79 Å². The fraction of sp³-hybridized carbons (Fsp3) is 0.960. The van der Waals surface area contributed by atoms with Gasteiger partial charge in [-0.15, -0.1) is 0 Å². The van der Waals surface area contributed by atoms with Crippen LogP contribution in [0.25, 0.3) is 0 Å². The zero-order valence-corrected chi connectivity index (χ0v) is 20.7.